The molecule has 1 N–H and O–H groups in total. The number of aliphatic hydroxyl groups is 1. The first-order chi connectivity index (χ1) is 12.0. The highest BCUT2D eigenvalue weighted by Gasteiger charge is 2.42. The van der Waals surface area contributed by atoms with Crippen LogP contribution in [-0.2, 0) is 9.59 Å². The van der Waals surface area contributed by atoms with Gasteiger partial charge >= 0.3 is 0 Å². The fraction of sp³-hybridized carbons (Fsp3) is 0.500. The van der Waals surface area contributed by atoms with Crippen LogP contribution in [0.15, 0.2) is 35.6 Å². The van der Waals surface area contributed by atoms with Gasteiger partial charge in [0.25, 0.3) is 5.91 Å². The number of nitrogens with zero attached hydrogens (tertiary/aromatic N) is 1. The van der Waals surface area contributed by atoms with Crippen LogP contribution in [0.2, 0.25) is 0 Å². The first-order valence-electron chi connectivity index (χ1n) is 9.05. The van der Waals surface area contributed by atoms with E-state index < -0.39 is 17.7 Å². The van der Waals surface area contributed by atoms with Crippen LogP contribution in [0.3, 0.4) is 0 Å². The number of hydrogen-bond donors (Lipinski definition) is 1. The molecule has 0 bridgehead atoms. The van der Waals surface area contributed by atoms with E-state index >= 15 is 0 Å². The molecule has 0 saturated carbocycles. The quantitative estimate of drug-likeness (QED) is 0.688. The van der Waals surface area contributed by atoms with E-state index in [-0.39, 0.29) is 17.8 Å². The lowest BCUT2D eigenvalue weighted by molar-refractivity contribution is -0.129. The van der Waals surface area contributed by atoms with Crippen molar-refractivity contribution in [1.29, 1.82) is 0 Å². The predicted molar refractivity (Wildman–Crippen MR) is 96.5 cm³/mol. The number of ether oxygens (including phenoxy) is 1. The number of carbonyl (C=O) groups excluding carboxylic acids is 2. The van der Waals surface area contributed by atoms with Crippen molar-refractivity contribution in [1.82, 2.24) is 4.90 Å². The van der Waals surface area contributed by atoms with Crippen molar-refractivity contribution in [3.8, 4) is 5.75 Å². The van der Waals surface area contributed by atoms with Gasteiger partial charge in [-0.25, -0.2) is 0 Å². The molecular weight excluding hydrogens is 318 g/mol. The highest BCUT2D eigenvalue weighted by Crippen LogP contribution is 2.38. The predicted octanol–water partition coefficient (Wildman–Crippen LogP) is 3.95. The molecule has 1 unspecified atom stereocenters. The molecule has 1 aliphatic rings. The Morgan fingerprint density at radius 2 is 1.84 bits per heavy atom. The summed E-state index contributed by atoms with van der Waals surface area (Å²) in [6, 6.07) is 6.91. The molecule has 0 fully saturated rings. The zero-order valence-corrected chi connectivity index (χ0v) is 15.2. The van der Waals surface area contributed by atoms with E-state index in [1.165, 1.54) is 0 Å². The summed E-state index contributed by atoms with van der Waals surface area (Å²) in [4.78, 5) is 26.3. The van der Waals surface area contributed by atoms with E-state index in [1.54, 1.807) is 11.8 Å². The third kappa shape index (κ3) is 4.03. The molecule has 0 radical (unpaired) electrons. The summed E-state index contributed by atoms with van der Waals surface area (Å²) in [5, 5.41) is 10.2. The van der Waals surface area contributed by atoms with Crippen LogP contribution in [0.5, 0.6) is 5.75 Å². The number of aliphatic hydroxyl groups excluding tert-OH is 1. The summed E-state index contributed by atoms with van der Waals surface area (Å²) in [5.74, 6) is -0.307. The summed E-state index contributed by atoms with van der Waals surface area (Å²) < 4.78 is 5.67. The zero-order chi connectivity index (χ0) is 18.4. The molecule has 5 heteroatoms. The molecule has 0 aliphatic carbocycles. The molecule has 1 atom stereocenters. The van der Waals surface area contributed by atoms with E-state index in [0.717, 1.165) is 30.6 Å². The number of Topliss-reactive ketones (excluding diaryl/α,β-unsaturated/α-hetero) is 1. The fourth-order valence-electron chi connectivity index (χ4n) is 3.03. The molecule has 25 heavy (non-hydrogen) atoms. The van der Waals surface area contributed by atoms with Gasteiger partial charge in [0.1, 0.15) is 5.75 Å². The van der Waals surface area contributed by atoms with Crippen LogP contribution in [-0.4, -0.2) is 34.8 Å². The Kier molecular flexibility index (Phi) is 6.62. The lowest BCUT2D eigenvalue weighted by atomic mass is 9.95. The Morgan fingerprint density at radius 3 is 2.40 bits per heavy atom. The Bertz CT molecular complexity index is 648. The summed E-state index contributed by atoms with van der Waals surface area (Å²) in [5.41, 5.74) is 1.02. The van der Waals surface area contributed by atoms with Crippen LogP contribution in [0.1, 0.15) is 58.1 Å². The van der Waals surface area contributed by atoms with Gasteiger partial charge in [0.15, 0.2) is 11.5 Å². The molecule has 0 saturated heterocycles. The number of carbonyl (C=O) groups is 2. The monoisotopic (exact) mass is 345 g/mol. The second-order valence-electron chi connectivity index (χ2n) is 6.21. The minimum absolute atomic E-state index is 0.197. The van der Waals surface area contributed by atoms with Gasteiger partial charge in [-0.3, -0.25) is 9.59 Å². The van der Waals surface area contributed by atoms with Gasteiger partial charge in [-0.15, -0.1) is 0 Å². The molecule has 2 rings (SSSR count). The van der Waals surface area contributed by atoms with Gasteiger partial charge in [-0.1, -0.05) is 39.3 Å². The molecule has 1 heterocycles. The fourth-order valence-corrected chi connectivity index (χ4v) is 3.03. The Hall–Kier alpha value is -2.30. The number of unbranched alkanes of at least 4 members (excludes halogenated alkanes) is 1. The van der Waals surface area contributed by atoms with E-state index in [9.17, 15) is 14.7 Å². The molecule has 1 aliphatic heterocycles. The third-order valence-electron chi connectivity index (χ3n) is 4.35. The summed E-state index contributed by atoms with van der Waals surface area (Å²) in [7, 11) is 0. The molecule has 5 nitrogen and oxygen atoms in total. The summed E-state index contributed by atoms with van der Waals surface area (Å²) in [6.07, 6.45) is 3.07. The lowest BCUT2D eigenvalue weighted by Gasteiger charge is -2.26. The maximum Gasteiger partial charge on any atom is 0.290 e. The van der Waals surface area contributed by atoms with Crippen LogP contribution in [0.25, 0.3) is 0 Å². The maximum absolute atomic E-state index is 12.4. The number of ketones is 1. The average Bonchev–Trinajstić information content (AvgIpc) is 2.87. The Morgan fingerprint density at radius 1 is 1.16 bits per heavy atom. The van der Waals surface area contributed by atoms with Crippen LogP contribution >= 0.6 is 0 Å². The van der Waals surface area contributed by atoms with E-state index in [2.05, 4.69) is 6.92 Å². The van der Waals surface area contributed by atoms with E-state index in [4.69, 9.17) is 4.74 Å². The van der Waals surface area contributed by atoms with E-state index in [1.807, 2.05) is 31.2 Å². The Labute approximate surface area is 149 Å². The molecule has 1 amide bonds. The van der Waals surface area contributed by atoms with Crippen LogP contribution < -0.4 is 4.74 Å². The smallest absolute Gasteiger partial charge is 0.290 e. The average molecular weight is 345 g/mol. The standard InChI is InChI=1S/C20H27NO4/c1-4-7-13-25-15-10-8-14(9-11-15)18-17(16(22)6-3)19(23)20(24)21(18)12-5-2/h8-11,18,23H,4-7,12-13H2,1-3H3. The molecule has 1 aromatic rings. The second-order valence-corrected chi connectivity index (χ2v) is 6.21. The van der Waals surface area contributed by atoms with Crippen molar-refractivity contribution >= 4 is 11.7 Å². The minimum atomic E-state index is -0.524. The summed E-state index contributed by atoms with van der Waals surface area (Å²) >= 11 is 0. The normalized spacial score (nSPS) is 17.3. The van der Waals surface area contributed by atoms with Gasteiger partial charge in [0.2, 0.25) is 0 Å². The summed E-state index contributed by atoms with van der Waals surface area (Å²) in [6.45, 7) is 6.96. The number of benzene rings is 1. The molecule has 0 aromatic heterocycles. The maximum atomic E-state index is 12.4. The van der Waals surface area contributed by atoms with Crippen LogP contribution in [0.4, 0.5) is 0 Å². The van der Waals surface area contributed by atoms with Gasteiger partial charge in [0, 0.05) is 13.0 Å². The van der Waals surface area contributed by atoms with Crippen molar-refractivity contribution in [2.75, 3.05) is 13.2 Å². The molecular formula is C20H27NO4. The van der Waals surface area contributed by atoms with Crippen molar-refractivity contribution in [2.24, 2.45) is 0 Å². The van der Waals surface area contributed by atoms with Crippen molar-refractivity contribution in [3.05, 3.63) is 41.2 Å². The largest absolute Gasteiger partial charge is 0.503 e. The number of rotatable bonds is 9. The highest BCUT2D eigenvalue weighted by atomic mass is 16.5. The molecule has 1 aromatic carbocycles. The molecule has 0 spiro atoms. The first kappa shape index (κ1) is 19.0. The minimum Gasteiger partial charge on any atom is -0.503 e. The first-order valence-corrected chi connectivity index (χ1v) is 9.05. The number of amides is 1. The van der Waals surface area contributed by atoms with E-state index in [0.29, 0.717) is 13.2 Å². The van der Waals surface area contributed by atoms with Gasteiger partial charge < -0.3 is 14.7 Å². The van der Waals surface area contributed by atoms with Gasteiger partial charge in [-0.05, 0) is 30.5 Å². The van der Waals surface area contributed by atoms with Crippen LogP contribution in [0, 0.1) is 0 Å². The zero-order valence-electron chi connectivity index (χ0n) is 15.2. The van der Waals surface area contributed by atoms with Gasteiger partial charge in [0.05, 0.1) is 18.2 Å². The van der Waals surface area contributed by atoms with Crippen molar-refractivity contribution < 1.29 is 19.4 Å². The number of hydrogen-bond acceptors (Lipinski definition) is 4. The lowest BCUT2D eigenvalue weighted by Crippen LogP contribution is -2.31. The van der Waals surface area contributed by atoms with Crippen molar-refractivity contribution in [3.63, 3.8) is 0 Å². The topological polar surface area (TPSA) is 66.8 Å². The van der Waals surface area contributed by atoms with Gasteiger partial charge in [-0.2, -0.15) is 0 Å². The second kappa shape index (κ2) is 8.70. The van der Waals surface area contributed by atoms with Crippen molar-refractivity contribution in [2.45, 2.75) is 52.5 Å². The third-order valence-corrected chi connectivity index (χ3v) is 4.35. The highest BCUT2D eigenvalue weighted by molar-refractivity contribution is 6.08. The SMILES string of the molecule is CCCCOc1ccc(C2C(C(=O)CC)=C(O)C(=O)N2CCC)cc1. The molecule has 136 valence electrons. The Balaban J connectivity index is 2.31.